The van der Waals surface area contributed by atoms with Gasteiger partial charge in [-0.25, -0.2) is 4.39 Å². The Hall–Kier alpha value is -2.60. The Kier molecular flexibility index (Phi) is 7.91. The van der Waals surface area contributed by atoms with Gasteiger partial charge in [-0.3, -0.25) is 0 Å². The van der Waals surface area contributed by atoms with E-state index in [1.165, 1.54) is 17.7 Å². The van der Waals surface area contributed by atoms with Gasteiger partial charge in [-0.2, -0.15) is 0 Å². The monoisotopic (exact) mass is 441 g/mol. The molecule has 0 amide bonds. The number of rotatable bonds is 7. The third kappa shape index (κ3) is 5.18. The fraction of sp³-hybridized carbons (Fsp3) is 0.280. The van der Waals surface area contributed by atoms with Crippen molar-refractivity contribution in [3.8, 4) is 0 Å². The molecule has 0 radical (unpaired) electrons. The van der Waals surface area contributed by atoms with E-state index in [0.29, 0.717) is 6.54 Å². The van der Waals surface area contributed by atoms with Crippen LogP contribution in [0.25, 0.3) is 0 Å². The van der Waals surface area contributed by atoms with Crippen LogP contribution in [0.15, 0.2) is 78.9 Å². The molecule has 3 aromatic rings. The molecule has 0 fully saturated rings. The minimum atomic E-state index is -0.675. The summed E-state index contributed by atoms with van der Waals surface area (Å²) in [6.07, 6.45) is -0.675. The Morgan fingerprint density at radius 1 is 0.935 bits per heavy atom. The highest BCUT2D eigenvalue weighted by Crippen LogP contribution is 2.39. The Morgan fingerprint density at radius 3 is 2.35 bits per heavy atom. The topological polar surface area (TPSA) is 38.7 Å². The molecule has 0 spiro atoms. The Balaban J connectivity index is 0.00000272. The van der Waals surface area contributed by atoms with E-state index in [-0.39, 0.29) is 24.3 Å². The number of likely N-dealkylation sites (N-methyl/N-ethyl adjacent to an activating group) is 1. The van der Waals surface area contributed by atoms with Crippen LogP contribution in [0, 0.1) is 5.82 Å². The van der Waals surface area contributed by atoms with Gasteiger partial charge in [0.1, 0.15) is 5.82 Å². The minimum absolute atomic E-state index is 0. The standard InChI is InChI=1S/C25H28FN3O.ClH/c1-27-17-24(30)25(20-10-7-11-21(26)16-20)29-15-14-28(18-19-8-3-2-4-9-19)22-12-5-6-13-23(22)29;/h2-13,16,24-25,27,30H,14-15,17-18H2,1H3;1H/t24-,25+;/m1./s1. The van der Waals surface area contributed by atoms with E-state index >= 15 is 0 Å². The first-order valence-corrected chi connectivity index (χ1v) is 10.4. The minimum Gasteiger partial charge on any atom is -0.389 e. The Morgan fingerprint density at radius 2 is 1.65 bits per heavy atom. The number of anilines is 2. The van der Waals surface area contributed by atoms with Gasteiger partial charge in [0.05, 0.1) is 23.5 Å². The van der Waals surface area contributed by atoms with E-state index in [4.69, 9.17) is 0 Å². The average molecular weight is 442 g/mol. The van der Waals surface area contributed by atoms with Crippen LogP contribution in [0.2, 0.25) is 0 Å². The highest BCUT2D eigenvalue weighted by atomic mass is 35.5. The molecule has 0 saturated heterocycles. The predicted molar refractivity (Wildman–Crippen MR) is 128 cm³/mol. The van der Waals surface area contributed by atoms with Crippen molar-refractivity contribution in [3.63, 3.8) is 0 Å². The number of halogens is 2. The van der Waals surface area contributed by atoms with E-state index in [1.54, 1.807) is 6.07 Å². The average Bonchev–Trinajstić information content (AvgIpc) is 2.76. The molecule has 2 atom stereocenters. The van der Waals surface area contributed by atoms with Gasteiger partial charge >= 0.3 is 0 Å². The molecule has 0 bridgehead atoms. The van der Waals surface area contributed by atoms with Gasteiger partial charge in [-0.1, -0.05) is 54.6 Å². The van der Waals surface area contributed by atoms with Crippen LogP contribution < -0.4 is 15.1 Å². The molecule has 0 saturated carbocycles. The molecule has 164 valence electrons. The van der Waals surface area contributed by atoms with Gasteiger partial charge in [-0.05, 0) is 42.4 Å². The van der Waals surface area contributed by atoms with Gasteiger partial charge in [0, 0.05) is 26.2 Å². The molecule has 4 rings (SSSR count). The number of fused-ring (bicyclic) bond motifs is 1. The Bertz CT molecular complexity index is 972. The van der Waals surface area contributed by atoms with Crippen molar-refractivity contribution in [1.82, 2.24) is 5.32 Å². The van der Waals surface area contributed by atoms with Crippen molar-refractivity contribution in [2.75, 3.05) is 36.5 Å². The van der Waals surface area contributed by atoms with Gasteiger partial charge < -0.3 is 20.2 Å². The number of aliphatic hydroxyl groups excluding tert-OH is 1. The molecule has 6 heteroatoms. The van der Waals surface area contributed by atoms with Crippen molar-refractivity contribution in [2.24, 2.45) is 0 Å². The summed E-state index contributed by atoms with van der Waals surface area (Å²) in [6, 6.07) is 24.9. The number of nitrogens with one attached hydrogen (secondary N) is 1. The van der Waals surface area contributed by atoms with Crippen molar-refractivity contribution in [3.05, 3.63) is 95.8 Å². The van der Waals surface area contributed by atoms with E-state index in [1.807, 2.05) is 31.3 Å². The number of hydrogen-bond donors (Lipinski definition) is 2. The summed E-state index contributed by atoms with van der Waals surface area (Å²) >= 11 is 0. The van der Waals surface area contributed by atoms with E-state index in [9.17, 15) is 9.50 Å². The zero-order chi connectivity index (χ0) is 20.9. The first-order chi connectivity index (χ1) is 14.7. The van der Waals surface area contributed by atoms with Crippen molar-refractivity contribution >= 4 is 23.8 Å². The first kappa shape index (κ1) is 23.1. The third-order valence-electron chi connectivity index (χ3n) is 5.66. The number of benzene rings is 3. The maximum Gasteiger partial charge on any atom is 0.123 e. The normalized spacial score (nSPS) is 15.1. The second kappa shape index (κ2) is 10.6. The highest BCUT2D eigenvalue weighted by Gasteiger charge is 2.33. The van der Waals surface area contributed by atoms with Crippen LogP contribution in [0.3, 0.4) is 0 Å². The third-order valence-corrected chi connectivity index (χ3v) is 5.66. The van der Waals surface area contributed by atoms with Crippen LogP contribution in [0.5, 0.6) is 0 Å². The summed E-state index contributed by atoms with van der Waals surface area (Å²) in [4.78, 5) is 4.59. The molecule has 1 aliphatic rings. The molecule has 31 heavy (non-hydrogen) atoms. The quantitative estimate of drug-likeness (QED) is 0.570. The maximum absolute atomic E-state index is 14.0. The lowest BCUT2D eigenvalue weighted by Crippen LogP contribution is -2.47. The van der Waals surface area contributed by atoms with Gasteiger partial charge in [0.15, 0.2) is 0 Å². The fourth-order valence-corrected chi connectivity index (χ4v) is 4.32. The van der Waals surface area contributed by atoms with E-state index < -0.39 is 6.10 Å². The number of hydrogen-bond acceptors (Lipinski definition) is 4. The second-order valence-electron chi connectivity index (χ2n) is 7.71. The van der Waals surface area contributed by atoms with Crippen LogP contribution >= 0.6 is 12.4 Å². The van der Waals surface area contributed by atoms with Crippen LogP contribution in [-0.2, 0) is 6.54 Å². The largest absolute Gasteiger partial charge is 0.389 e. The number of aliphatic hydroxyl groups is 1. The van der Waals surface area contributed by atoms with E-state index in [0.717, 1.165) is 36.6 Å². The molecule has 0 unspecified atom stereocenters. The molecule has 1 aliphatic heterocycles. The molecule has 3 aromatic carbocycles. The summed E-state index contributed by atoms with van der Waals surface area (Å²) in [5, 5.41) is 14.0. The van der Waals surface area contributed by atoms with Crippen LogP contribution in [-0.4, -0.2) is 37.9 Å². The SMILES string of the molecule is CNC[C@@H](O)[C@H](c1cccc(F)c1)N1CCN(Cc2ccccc2)c2ccccc21.Cl. The summed E-state index contributed by atoms with van der Waals surface area (Å²) in [5.41, 5.74) is 4.23. The Labute approximate surface area is 189 Å². The van der Waals surface area contributed by atoms with Crippen LogP contribution in [0.4, 0.5) is 15.8 Å². The van der Waals surface area contributed by atoms with Crippen LogP contribution in [0.1, 0.15) is 17.2 Å². The van der Waals surface area contributed by atoms with E-state index in [2.05, 4.69) is 51.5 Å². The number of para-hydroxylation sites is 2. The number of nitrogens with zero attached hydrogens (tertiary/aromatic N) is 2. The summed E-state index contributed by atoms with van der Waals surface area (Å²) in [7, 11) is 1.82. The molecule has 0 aromatic heterocycles. The maximum atomic E-state index is 14.0. The molecule has 4 nitrogen and oxygen atoms in total. The molecular formula is C25H29ClFN3O. The molecule has 1 heterocycles. The second-order valence-corrected chi connectivity index (χ2v) is 7.71. The zero-order valence-corrected chi connectivity index (χ0v) is 18.4. The highest BCUT2D eigenvalue weighted by molar-refractivity contribution is 5.85. The molecular weight excluding hydrogens is 413 g/mol. The smallest absolute Gasteiger partial charge is 0.123 e. The summed E-state index contributed by atoms with van der Waals surface area (Å²) in [6.45, 7) is 2.82. The first-order valence-electron chi connectivity index (χ1n) is 10.4. The fourth-order valence-electron chi connectivity index (χ4n) is 4.32. The lowest BCUT2D eigenvalue weighted by atomic mass is 9.96. The van der Waals surface area contributed by atoms with Crippen molar-refractivity contribution in [1.29, 1.82) is 0 Å². The summed E-state index contributed by atoms with van der Waals surface area (Å²) < 4.78 is 14.0. The lowest BCUT2D eigenvalue weighted by molar-refractivity contribution is 0.140. The van der Waals surface area contributed by atoms with Gasteiger partial charge in [0.25, 0.3) is 0 Å². The lowest BCUT2D eigenvalue weighted by Gasteiger charge is -2.44. The van der Waals surface area contributed by atoms with Crippen molar-refractivity contribution < 1.29 is 9.50 Å². The zero-order valence-electron chi connectivity index (χ0n) is 17.6. The predicted octanol–water partition coefficient (Wildman–Crippen LogP) is 4.40. The molecule has 0 aliphatic carbocycles. The van der Waals surface area contributed by atoms with Gasteiger partial charge in [-0.15, -0.1) is 12.4 Å². The van der Waals surface area contributed by atoms with Crippen molar-refractivity contribution in [2.45, 2.75) is 18.7 Å². The molecule has 2 N–H and O–H groups in total. The van der Waals surface area contributed by atoms with Gasteiger partial charge in [0.2, 0.25) is 0 Å². The summed E-state index contributed by atoms with van der Waals surface area (Å²) in [5.74, 6) is -0.287.